The van der Waals surface area contributed by atoms with Crippen LogP contribution in [0, 0.1) is 27.2 Å². The molecule has 0 aliphatic carbocycles. The van der Waals surface area contributed by atoms with Crippen molar-refractivity contribution in [2.45, 2.75) is 13.1 Å². The summed E-state index contributed by atoms with van der Waals surface area (Å²) >= 11 is 0. The van der Waals surface area contributed by atoms with Crippen LogP contribution in [0.1, 0.15) is 5.56 Å². The average molecular weight is 280 g/mol. The number of aryl methyl sites for hydroxylation is 1. The molecule has 0 aromatic heterocycles. The number of rotatable bonds is 4. The Morgan fingerprint density at radius 1 is 1.16 bits per heavy atom. The zero-order chi connectivity index (χ0) is 14.8. The summed E-state index contributed by atoms with van der Waals surface area (Å²) < 4.78 is 40.2. The summed E-state index contributed by atoms with van der Waals surface area (Å²) in [6, 6.07) is 1.41. The van der Waals surface area contributed by atoms with Crippen LogP contribution in [0.15, 0.2) is 12.1 Å². The quantitative estimate of drug-likeness (QED) is 0.624. The van der Waals surface area contributed by atoms with Gasteiger partial charge in [0.1, 0.15) is 0 Å². The first-order valence-corrected chi connectivity index (χ1v) is 4.75. The fraction of sp³-hybridized carbons (Fsp3) is 0.333. The van der Waals surface area contributed by atoms with E-state index in [1.807, 2.05) is 0 Å². The second kappa shape index (κ2) is 5.08. The van der Waals surface area contributed by atoms with E-state index in [4.69, 9.17) is 0 Å². The Hall–Kier alpha value is -2.39. The van der Waals surface area contributed by atoms with Crippen LogP contribution in [-0.2, 0) is 0 Å². The van der Waals surface area contributed by atoms with E-state index in [0.717, 1.165) is 6.07 Å². The van der Waals surface area contributed by atoms with E-state index in [9.17, 15) is 33.4 Å². The lowest BCUT2D eigenvalue weighted by Crippen LogP contribution is -2.19. The third kappa shape index (κ3) is 3.79. The van der Waals surface area contributed by atoms with Gasteiger partial charge in [-0.15, -0.1) is 0 Å². The number of halogens is 3. The summed E-state index contributed by atoms with van der Waals surface area (Å²) in [6.07, 6.45) is -4.66. The topological polar surface area (TPSA) is 95.5 Å². The molecule has 0 saturated heterocycles. The van der Waals surface area contributed by atoms with Crippen molar-refractivity contribution in [3.05, 3.63) is 37.9 Å². The summed E-state index contributed by atoms with van der Waals surface area (Å²) in [5, 5.41) is 21.2. The van der Waals surface area contributed by atoms with Crippen molar-refractivity contribution in [3.63, 3.8) is 0 Å². The largest absolute Gasteiger partial charge is 0.477 e. The molecule has 0 atom stereocenters. The van der Waals surface area contributed by atoms with Gasteiger partial charge < -0.3 is 4.74 Å². The van der Waals surface area contributed by atoms with Gasteiger partial charge in [-0.2, -0.15) is 13.2 Å². The van der Waals surface area contributed by atoms with Crippen LogP contribution < -0.4 is 4.74 Å². The van der Waals surface area contributed by atoms with Crippen molar-refractivity contribution in [2.24, 2.45) is 0 Å². The smallest absolute Gasteiger partial charge is 0.422 e. The van der Waals surface area contributed by atoms with E-state index < -0.39 is 39.8 Å². The molecule has 0 fully saturated rings. The van der Waals surface area contributed by atoms with Crippen LogP contribution in [0.3, 0.4) is 0 Å². The fourth-order valence-electron chi connectivity index (χ4n) is 1.27. The molecule has 0 N–H and O–H groups in total. The molecule has 0 amide bonds. The number of alkyl halides is 3. The lowest BCUT2D eigenvalue weighted by Gasteiger charge is -2.10. The van der Waals surface area contributed by atoms with Gasteiger partial charge in [0.25, 0.3) is 5.69 Å². The molecule has 0 saturated carbocycles. The van der Waals surface area contributed by atoms with Crippen LogP contribution in [0.2, 0.25) is 0 Å². The summed E-state index contributed by atoms with van der Waals surface area (Å²) in [6.45, 7) is -0.479. The zero-order valence-corrected chi connectivity index (χ0v) is 9.43. The van der Waals surface area contributed by atoms with Gasteiger partial charge in [-0.05, 0) is 13.0 Å². The molecule has 104 valence electrons. The van der Waals surface area contributed by atoms with Gasteiger partial charge in [0.15, 0.2) is 12.4 Å². The number of benzene rings is 1. The molecule has 7 nitrogen and oxygen atoms in total. The Morgan fingerprint density at radius 3 is 2.11 bits per heavy atom. The summed E-state index contributed by atoms with van der Waals surface area (Å²) in [5.41, 5.74) is -1.49. The van der Waals surface area contributed by atoms with Gasteiger partial charge in [-0.3, -0.25) is 20.2 Å². The van der Waals surface area contributed by atoms with Crippen LogP contribution in [0.4, 0.5) is 24.5 Å². The minimum atomic E-state index is -4.66. The summed E-state index contributed by atoms with van der Waals surface area (Å²) in [5.74, 6) is -0.662. The molecule has 10 heteroatoms. The SMILES string of the molecule is Cc1cc(OCC(F)(F)F)c([N+](=O)[O-])cc1[N+](=O)[O-]. The molecule has 0 unspecified atom stereocenters. The predicted octanol–water partition coefficient (Wildman–Crippen LogP) is 2.75. The minimum Gasteiger partial charge on any atom is -0.477 e. The monoisotopic (exact) mass is 280 g/mol. The van der Waals surface area contributed by atoms with E-state index in [1.54, 1.807) is 0 Å². The maximum absolute atomic E-state index is 12.0. The molecule has 0 heterocycles. The van der Waals surface area contributed by atoms with Gasteiger partial charge in [0, 0.05) is 5.56 Å². The van der Waals surface area contributed by atoms with Crippen molar-refractivity contribution in [1.82, 2.24) is 0 Å². The minimum absolute atomic E-state index is 0.0345. The predicted molar refractivity (Wildman–Crippen MR) is 56.0 cm³/mol. The highest BCUT2D eigenvalue weighted by atomic mass is 19.4. The van der Waals surface area contributed by atoms with Crippen LogP contribution >= 0.6 is 0 Å². The van der Waals surface area contributed by atoms with Crippen molar-refractivity contribution < 1.29 is 27.8 Å². The van der Waals surface area contributed by atoms with Gasteiger partial charge in [-0.1, -0.05) is 0 Å². The van der Waals surface area contributed by atoms with Gasteiger partial charge in [0.2, 0.25) is 0 Å². The third-order valence-electron chi connectivity index (χ3n) is 2.06. The Morgan fingerprint density at radius 2 is 1.68 bits per heavy atom. The highest BCUT2D eigenvalue weighted by Gasteiger charge is 2.31. The lowest BCUT2D eigenvalue weighted by atomic mass is 10.1. The lowest BCUT2D eigenvalue weighted by molar-refractivity contribution is -0.395. The molecule has 1 aromatic rings. The van der Waals surface area contributed by atoms with E-state index in [0.29, 0.717) is 6.07 Å². The molecule has 0 aliphatic heterocycles. The Labute approximate surface area is 103 Å². The number of hydrogen-bond donors (Lipinski definition) is 0. The molecule has 1 rings (SSSR count). The highest BCUT2D eigenvalue weighted by molar-refractivity contribution is 5.57. The molecular formula is C9H7F3N2O5. The maximum atomic E-state index is 12.0. The maximum Gasteiger partial charge on any atom is 0.422 e. The molecule has 1 aromatic carbocycles. The second-order valence-corrected chi connectivity index (χ2v) is 3.52. The molecule has 0 spiro atoms. The second-order valence-electron chi connectivity index (χ2n) is 3.52. The molecule has 19 heavy (non-hydrogen) atoms. The fourth-order valence-corrected chi connectivity index (χ4v) is 1.27. The first kappa shape index (κ1) is 14.7. The normalized spacial score (nSPS) is 11.2. The third-order valence-corrected chi connectivity index (χ3v) is 2.06. The number of ether oxygens (including phenoxy) is 1. The molecule has 0 aliphatic rings. The van der Waals surface area contributed by atoms with E-state index >= 15 is 0 Å². The van der Waals surface area contributed by atoms with E-state index in [2.05, 4.69) is 4.74 Å². The van der Waals surface area contributed by atoms with Crippen molar-refractivity contribution in [2.75, 3.05) is 6.61 Å². The van der Waals surface area contributed by atoms with Crippen molar-refractivity contribution in [1.29, 1.82) is 0 Å². The van der Waals surface area contributed by atoms with E-state index in [1.165, 1.54) is 6.92 Å². The number of hydrogen-bond acceptors (Lipinski definition) is 5. The summed E-state index contributed by atoms with van der Waals surface area (Å²) in [4.78, 5) is 19.3. The van der Waals surface area contributed by atoms with Crippen molar-refractivity contribution >= 4 is 11.4 Å². The molecular weight excluding hydrogens is 273 g/mol. The standard InChI is InChI=1S/C9H7F3N2O5/c1-5-2-8(19-4-9(10,11)12)7(14(17)18)3-6(5)13(15)16/h2-3H,4H2,1H3. The van der Waals surface area contributed by atoms with Crippen LogP contribution in [-0.4, -0.2) is 22.6 Å². The number of nitrogens with zero attached hydrogens (tertiary/aromatic N) is 2. The Balaban J connectivity index is 3.20. The molecule has 0 bridgehead atoms. The number of nitro groups is 2. The van der Waals surface area contributed by atoms with Crippen molar-refractivity contribution in [3.8, 4) is 5.75 Å². The zero-order valence-electron chi connectivity index (χ0n) is 9.43. The first-order valence-electron chi connectivity index (χ1n) is 4.75. The molecule has 0 radical (unpaired) electrons. The number of nitro benzene ring substituents is 2. The average Bonchev–Trinajstić information content (AvgIpc) is 2.24. The Bertz CT molecular complexity index is 529. The van der Waals surface area contributed by atoms with Gasteiger partial charge in [0.05, 0.1) is 15.9 Å². The first-order chi connectivity index (χ1) is 8.61. The summed E-state index contributed by atoms with van der Waals surface area (Å²) in [7, 11) is 0. The van der Waals surface area contributed by atoms with Crippen LogP contribution in [0.5, 0.6) is 5.75 Å². The van der Waals surface area contributed by atoms with Gasteiger partial charge in [-0.25, -0.2) is 0 Å². The van der Waals surface area contributed by atoms with Gasteiger partial charge >= 0.3 is 11.9 Å². The van der Waals surface area contributed by atoms with Crippen LogP contribution in [0.25, 0.3) is 0 Å². The van der Waals surface area contributed by atoms with E-state index in [-0.39, 0.29) is 5.56 Å². The highest BCUT2D eigenvalue weighted by Crippen LogP contribution is 2.34. The Kier molecular flexibility index (Phi) is 3.92.